The van der Waals surface area contributed by atoms with E-state index in [0.717, 1.165) is 16.4 Å². The number of rotatable bonds is 6. The summed E-state index contributed by atoms with van der Waals surface area (Å²) in [6.07, 6.45) is 0.408. The lowest BCUT2D eigenvalue weighted by molar-refractivity contribution is -0.121. The first-order chi connectivity index (χ1) is 15.1. The van der Waals surface area contributed by atoms with Gasteiger partial charge in [0, 0.05) is 31.6 Å². The number of piperidine rings is 1. The molecule has 1 heterocycles. The second-order valence-corrected chi connectivity index (χ2v) is 9.24. The van der Waals surface area contributed by atoms with Crippen LogP contribution in [-0.2, 0) is 19.6 Å². The topological polar surface area (TPSA) is 105 Å². The van der Waals surface area contributed by atoms with Gasteiger partial charge in [0.05, 0.1) is 12.8 Å². The molecule has 172 valence electrons. The van der Waals surface area contributed by atoms with Gasteiger partial charge in [0.1, 0.15) is 22.3 Å². The van der Waals surface area contributed by atoms with Crippen LogP contribution in [0.3, 0.4) is 0 Å². The van der Waals surface area contributed by atoms with Crippen LogP contribution in [-0.4, -0.2) is 44.7 Å². The SMILES string of the molecule is COc1ccc(NC(C)=O)cc1NC(=O)C1CCN(S(=O)(=O)c2cc(F)ccc2F)CC1. The summed E-state index contributed by atoms with van der Waals surface area (Å²) in [4.78, 5) is 23.3. The first-order valence-electron chi connectivity index (χ1n) is 9.83. The van der Waals surface area contributed by atoms with Gasteiger partial charge >= 0.3 is 0 Å². The van der Waals surface area contributed by atoms with Crippen molar-refractivity contribution >= 4 is 33.2 Å². The van der Waals surface area contributed by atoms with Crippen molar-refractivity contribution in [2.45, 2.75) is 24.7 Å². The largest absolute Gasteiger partial charge is 0.495 e. The highest BCUT2D eigenvalue weighted by Crippen LogP contribution is 2.30. The van der Waals surface area contributed by atoms with Gasteiger partial charge in [-0.1, -0.05) is 0 Å². The number of halogens is 2. The molecule has 11 heteroatoms. The van der Waals surface area contributed by atoms with E-state index >= 15 is 0 Å². The normalized spacial score (nSPS) is 15.2. The zero-order chi connectivity index (χ0) is 23.5. The van der Waals surface area contributed by atoms with Crippen molar-refractivity contribution in [3.8, 4) is 5.75 Å². The fraction of sp³-hybridized carbons (Fsp3) is 0.333. The van der Waals surface area contributed by atoms with Crippen LogP contribution in [0.5, 0.6) is 5.75 Å². The minimum Gasteiger partial charge on any atom is -0.495 e. The molecule has 0 saturated carbocycles. The van der Waals surface area contributed by atoms with Crippen molar-refractivity contribution in [2.75, 3.05) is 30.8 Å². The maximum absolute atomic E-state index is 14.0. The quantitative estimate of drug-likeness (QED) is 0.680. The Labute approximate surface area is 184 Å². The fourth-order valence-electron chi connectivity index (χ4n) is 3.49. The van der Waals surface area contributed by atoms with Crippen molar-refractivity contribution < 1.29 is 31.5 Å². The molecule has 1 saturated heterocycles. The summed E-state index contributed by atoms with van der Waals surface area (Å²) in [5, 5.41) is 5.37. The Morgan fingerprint density at radius 1 is 1.06 bits per heavy atom. The molecular formula is C21H23F2N3O5S. The molecule has 32 heavy (non-hydrogen) atoms. The smallest absolute Gasteiger partial charge is 0.246 e. The molecule has 2 aromatic carbocycles. The maximum atomic E-state index is 14.0. The molecule has 3 rings (SSSR count). The number of benzene rings is 2. The molecule has 1 aliphatic heterocycles. The Hall–Kier alpha value is -3.05. The second kappa shape index (κ2) is 9.61. The molecule has 0 spiro atoms. The molecule has 0 radical (unpaired) electrons. The molecule has 0 unspecified atom stereocenters. The van der Waals surface area contributed by atoms with Gasteiger partial charge in [-0.25, -0.2) is 17.2 Å². The summed E-state index contributed by atoms with van der Waals surface area (Å²) in [5.74, 6) is -2.58. The van der Waals surface area contributed by atoms with Gasteiger partial charge in [-0.2, -0.15) is 4.31 Å². The molecule has 0 atom stereocenters. The predicted molar refractivity (Wildman–Crippen MR) is 114 cm³/mol. The van der Waals surface area contributed by atoms with Gasteiger partial charge in [0.25, 0.3) is 0 Å². The number of carbonyl (C=O) groups excluding carboxylic acids is 2. The number of methoxy groups -OCH3 is 1. The Morgan fingerprint density at radius 3 is 2.38 bits per heavy atom. The van der Waals surface area contributed by atoms with E-state index in [1.54, 1.807) is 18.2 Å². The highest BCUT2D eigenvalue weighted by atomic mass is 32.2. The van der Waals surface area contributed by atoms with E-state index < -0.39 is 32.5 Å². The van der Waals surface area contributed by atoms with Crippen LogP contribution in [0, 0.1) is 17.6 Å². The lowest BCUT2D eigenvalue weighted by Gasteiger charge is -2.30. The average molecular weight is 467 g/mol. The third-order valence-electron chi connectivity index (χ3n) is 5.11. The zero-order valence-corrected chi connectivity index (χ0v) is 18.3. The van der Waals surface area contributed by atoms with Gasteiger partial charge in [-0.15, -0.1) is 0 Å². The number of sulfonamides is 1. The molecule has 2 N–H and O–H groups in total. The van der Waals surface area contributed by atoms with Crippen LogP contribution in [0.15, 0.2) is 41.3 Å². The molecule has 1 aliphatic rings. The van der Waals surface area contributed by atoms with Crippen molar-refractivity contribution in [3.05, 3.63) is 48.0 Å². The van der Waals surface area contributed by atoms with Gasteiger partial charge in [-0.05, 0) is 49.2 Å². The lowest BCUT2D eigenvalue weighted by atomic mass is 9.97. The summed E-state index contributed by atoms with van der Waals surface area (Å²) in [6, 6.07) is 7.06. The minimum atomic E-state index is -4.22. The first kappa shape index (κ1) is 23.6. The molecule has 0 bridgehead atoms. The van der Waals surface area contributed by atoms with E-state index in [9.17, 15) is 26.8 Å². The number of carbonyl (C=O) groups is 2. The summed E-state index contributed by atoms with van der Waals surface area (Å²) in [7, 11) is -2.78. The van der Waals surface area contributed by atoms with E-state index in [1.807, 2.05) is 0 Å². The number of anilines is 2. The number of hydrogen-bond donors (Lipinski definition) is 2. The highest BCUT2D eigenvalue weighted by Gasteiger charge is 2.34. The number of nitrogens with zero attached hydrogens (tertiary/aromatic N) is 1. The van der Waals surface area contributed by atoms with E-state index in [0.29, 0.717) is 23.2 Å². The molecule has 2 aromatic rings. The molecule has 2 amide bonds. The summed E-state index contributed by atoms with van der Waals surface area (Å²) in [6.45, 7) is 1.33. The van der Waals surface area contributed by atoms with Crippen molar-refractivity contribution in [1.82, 2.24) is 4.31 Å². The number of amides is 2. The van der Waals surface area contributed by atoms with Gasteiger partial charge in [-0.3, -0.25) is 9.59 Å². The minimum absolute atomic E-state index is 0.0144. The van der Waals surface area contributed by atoms with E-state index in [-0.39, 0.29) is 37.7 Å². The Morgan fingerprint density at radius 2 is 1.75 bits per heavy atom. The maximum Gasteiger partial charge on any atom is 0.246 e. The molecule has 8 nitrogen and oxygen atoms in total. The lowest BCUT2D eigenvalue weighted by Crippen LogP contribution is -2.41. The Bertz CT molecular complexity index is 1130. The predicted octanol–water partition coefficient (Wildman–Crippen LogP) is 2.97. The summed E-state index contributed by atoms with van der Waals surface area (Å²) >= 11 is 0. The van der Waals surface area contributed by atoms with Crippen LogP contribution in [0.2, 0.25) is 0 Å². The van der Waals surface area contributed by atoms with Crippen molar-refractivity contribution in [1.29, 1.82) is 0 Å². The Kier molecular flexibility index (Phi) is 7.09. The number of hydrogen-bond acceptors (Lipinski definition) is 5. The van der Waals surface area contributed by atoms with Crippen molar-refractivity contribution in [2.24, 2.45) is 5.92 Å². The van der Waals surface area contributed by atoms with Crippen LogP contribution in [0.25, 0.3) is 0 Å². The number of ether oxygens (including phenoxy) is 1. The van der Waals surface area contributed by atoms with E-state index in [4.69, 9.17) is 4.74 Å². The monoisotopic (exact) mass is 467 g/mol. The first-order valence-corrected chi connectivity index (χ1v) is 11.3. The van der Waals surface area contributed by atoms with Crippen molar-refractivity contribution in [3.63, 3.8) is 0 Å². The molecule has 0 aliphatic carbocycles. The number of nitrogens with one attached hydrogen (secondary N) is 2. The third kappa shape index (κ3) is 5.22. The molecule has 0 aromatic heterocycles. The fourth-order valence-corrected chi connectivity index (χ4v) is 5.04. The zero-order valence-electron chi connectivity index (χ0n) is 17.5. The highest BCUT2D eigenvalue weighted by molar-refractivity contribution is 7.89. The van der Waals surface area contributed by atoms with E-state index in [1.165, 1.54) is 14.0 Å². The van der Waals surface area contributed by atoms with Crippen LogP contribution < -0.4 is 15.4 Å². The Balaban J connectivity index is 1.68. The van der Waals surface area contributed by atoms with Crippen LogP contribution in [0.1, 0.15) is 19.8 Å². The van der Waals surface area contributed by atoms with E-state index in [2.05, 4.69) is 10.6 Å². The molecule has 1 fully saturated rings. The van der Waals surface area contributed by atoms with Gasteiger partial charge in [0.2, 0.25) is 21.8 Å². The van der Waals surface area contributed by atoms with Crippen LogP contribution in [0.4, 0.5) is 20.2 Å². The third-order valence-corrected chi connectivity index (χ3v) is 7.03. The summed E-state index contributed by atoms with van der Waals surface area (Å²) in [5.41, 5.74) is 0.840. The van der Waals surface area contributed by atoms with Crippen LogP contribution >= 0.6 is 0 Å². The summed E-state index contributed by atoms with van der Waals surface area (Å²) < 4.78 is 59.1. The average Bonchev–Trinajstić information content (AvgIpc) is 2.75. The second-order valence-electron chi connectivity index (χ2n) is 7.34. The van der Waals surface area contributed by atoms with Gasteiger partial charge < -0.3 is 15.4 Å². The van der Waals surface area contributed by atoms with Gasteiger partial charge in [0.15, 0.2) is 0 Å². The standard InChI is InChI=1S/C21H23F2N3O5S/c1-13(27)24-16-4-6-19(31-2)18(12-16)25-21(28)14-7-9-26(10-8-14)32(29,30)20-11-15(22)3-5-17(20)23/h3-6,11-12,14H,7-10H2,1-2H3,(H,24,27)(H,25,28). The molecular weight excluding hydrogens is 444 g/mol.